The fraction of sp³-hybridized carbons (Fsp3) is 0.222. The lowest BCUT2D eigenvalue weighted by atomic mass is 10.2. The molecule has 0 spiro atoms. The highest BCUT2D eigenvalue weighted by Crippen LogP contribution is 2.20. The summed E-state index contributed by atoms with van der Waals surface area (Å²) in [7, 11) is 1.56. The van der Waals surface area contributed by atoms with E-state index in [1.54, 1.807) is 31.4 Å². The van der Waals surface area contributed by atoms with Crippen molar-refractivity contribution in [1.82, 2.24) is 5.32 Å². The van der Waals surface area contributed by atoms with Crippen LogP contribution in [0.25, 0.3) is 0 Å². The number of benzene rings is 2. The zero-order valence-electron chi connectivity index (χ0n) is 13.3. The van der Waals surface area contributed by atoms with Crippen molar-refractivity contribution in [3.63, 3.8) is 0 Å². The molecular formula is C18H20N2O3. The third-order valence-electron chi connectivity index (χ3n) is 3.38. The number of amides is 2. The van der Waals surface area contributed by atoms with Gasteiger partial charge in [0.1, 0.15) is 12.3 Å². The van der Waals surface area contributed by atoms with Crippen LogP contribution in [0.15, 0.2) is 54.6 Å². The minimum absolute atomic E-state index is 0.0324. The zero-order chi connectivity index (χ0) is 16.7. The number of hydrogen-bond acceptors (Lipinski definition) is 3. The lowest BCUT2D eigenvalue weighted by molar-refractivity contribution is -0.123. The quantitative estimate of drug-likeness (QED) is 0.891. The maximum atomic E-state index is 12.1. The van der Waals surface area contributed by atoms with Gasteiger partial charge in [-0.05, 0) is 17.7 Å². The second-order valence-corrected chi connectivity index (χ2v) is 5.07. The van der Waals surface area contributed by atoms with Gasteiger partial charge in [-0.15, -0.1) is 0 Å². The molecule has 0 atom stereocenters. The molecule has 0 fully saturated rings. The summed E-state index contributed by atoms with van der Waals surface area (Å²) in [4.78, 5) is 25.4. The van der Waals surface area contributed by atoms with Gasteiger partial charge in [-0.1, -0.05) is 36.4 Å². The van der Waals surface area contributed by atoms with E-state index in [1.165, 1.54) is 11.8 Å². The van der Waals surface area contributed by atoms with Gasteiger partial charge in [0.15, 0.2) is 0 Å². The van der Waals surface area contributed by atoms with Gasteiger partial charge in [0.05, 0.1) is 7.11 Å². The van der Waals surface area contributed by atoms with E-state index in [1.807, 2.05) is 30.3 Å². The number of carbonyl (C=O) groups excluding carboxylic acids is 2. The van der Waals surface area contributed by atoms with E-state index < -0.39 is 0 Å². The van der Waals surface area contributed by atoms with Gasteiger partial charge in [0, 0.05) is 25.2 Å². The molecule has 2 rings (SSSR count). The third kappa shape index (κ3) is 4.85. The highest BCUT2D eigenvalue weighted by atomic mass is 16.5. The van der Waals surface area contributed by atoms with Crippen LogP contribution >= 0.6 is 0 Å². The Hall–Kier alpha value is -2.82. The molecule has 0 aliphatic carbocycles. The minimum Gasteiger partial charge on any atom is -0.497 e. The molecule has 0 aliphatic rings. The lowest BCUT2D eigenvalue weighted by Gasteiger charge is -2.21. The number of ether oxygens (including phenoxy) is 1. The smallest absolute Gasteiger partial charge is 0.240 e. The molecule has 0 radical (unpaired) electrons. The van der Waals surface area contributed by atoms with E-state index in [9.17, 15) is 9.59 Å². The predicted octanol–water partition coefficient (Wildman–Crippen LogP) is 2.36. The van der Waals surface area contributed by atoms with E-state index in [0.717, 1.165) is 5.56 Å². The molecule has 5 heteroatoms. The number of hydrogen-bond donors (Lipinski definition) is 1. The molecule has 2 amide bonds. The highest BCUT2D eigenvalue weighted by Gasteiger charge is 2.16. The summed E-state index contributed by atoms with van der Waals surface area (Å²) in [6.07, 6.45) is 0. The molecule has 0 aromatic heterocycles. The molecule has 23 heavy (non-hydrogen) atoms. The first-order chi connectivity index (χ1) is 11.1. The van der Waals surface area contributed by atoms with E-state index in [2.05, 4.69) is 5.32 Å². The number of nitrogens with one attached hydrogen (secondary N) is 1. The van der Waals surface area contributed by atoms with Crippen LogP contribution in [0.4, 0.5) is 5.69 Å². The van der Waals surface area contributed by atoms with Gasteiger partial charge < -0.3 is 15.0 Å². The predicted molar refractivity (Wildman–Crippen MR) is 89.3 cm³/mol. The monoisotopic (exact) mass is 312 g/mol. The van der Waals surface area contributed by atoms with Gasteiger partial charge in [0.2, 0.25) is 11.8 Å². The molecule has 0 saturated heterocycles. The number of rotatable bonds is 6. The Morgan fingerprint density at radius 1 is 1.09 bits per heavy atom. The molecule has 0 unspecified atom stereocenters. The number of anilines is 1. The van der Waals surface area contributed by atoms with Gasteiger partial charge in [-0.25, -0.2) is 0 Å². The van der Waals surface area contributed by atoms with Crippen molar-refractivity contribution in [3.8, 4) is 5.75 Å². The second kappa shape index (κ2) is 7.98. The summed E-state index contributed by atoms with van der Waals surface area (Å²) in [5, 5.41) is 2.82. The Kier molecular flexibility index (Phi) is 5.74. The fourth-order valence-corrected chi connectivity index (χ4v) is 2.16. The van der Waals surface area contributed by atoms with Gasteiger partial charge in [-0.2, -0.15) is 0 Å². The van der Waals surface area contributed by atoms with E-state index in [0.29, 0.717) is 18.0 Å². The van der Waals surface area contributed by atoms with Crippen molar-refractivity contribution in [2.24, 2.45) is 0 Å². The molecule has 1 N–H and O–H groups in total. The first-order valence-corrected chi connectivity index (χ1v) is 7.33. The number of nitrogens with zero attached hydrogens (tertiary/aromatic N) is 1. The van der Waals surface area contributed by atoms with Crippen LogP contribution in [0.5, 0.6) is 5.75 Å². The molecule has 2 aromatic rings. The third-order valence-corrected chi connectivity index (χ3v) is 3.38. The SMILES string of the molecule is COc1cccc(N(CC(=O)NCc2ccccc2)C(C)=O)c1. The average molecular weight is 312 g/mol. The van der Waals surface area contributed by atoms with Crippen molar-refractivity contribution in [1.29, 1.82) is 0 Å². The summed E-state index contributed by atoms with van der Waals surface area (Å²) in [6, 6.07) is 16.7. The van der Waals surface area contributed by atoms with Crippen LogP contribution < -0.4 is 15.0 Å². The van der Waals surface area contributed by atoms with Gasteiger partial charge in [0.25, 0.3) is 0 Å². The highest BCUT2D eigenvalue weighted by molar-refractivity contribution is 5.97. The molecule has 0 saturated carbocycles. The Morgan fingerprint density at radius 2 is 1.83 bits per heavy atom. The molecule has 0 bridgehead atoms. The van der Waals surface area contributed by atoms with Crippen LogP contribution in [0.1, 0.15) is 12.5 Å². The van der Waals surface area contributed by atoms with Crippen molar-refractivity contribution in [2.45, 2.75) is 13.5 Å². The van der Waals surface area contributed by atoms with Crippen molar-refractivity contribution >= 4 is 17.5 Å². The molecule has 120 valence electrons. The first-order valence-electron chi connectivity index (χ1n) is 7.33. The Balaban J connectivity index is 2.01. The standard InChI is InChI=1S/C18H20N2O3/c1-14(21)20(16-9-6-10-17(11-16)23-2)13-18(22)19-12-15-7-4-3-5-8-15/h3-11H,12-13H2,1-2H3,(H,19,22). The van der Waals surface area contributed by atoms with Crippen LogP contribution in [-0.4, -0.2) is 25.5 Å². The summed E-state index contributed by atoms with van der Waals surface area (Å²) >= 11 is 0. The largest absolute Gasteiger partial charge is 0.497 e. The van der Waals surface area contributed by atoms with Crippen LogP contribution in [0.2, 0.25) is 0 Å². The van der Waals surface area contributed by atoms with Crippen LogP contribution in [0.3, 0.4) is 0 Å². The molecular weight excluding hydrogens is 292 g/mol. The molecule has 5 nitrogen and oxygen atoms in total. The Labute approximate surface area is 135 Å². The Bertz CT molecular complexity index is 671. The topological polar surface area (TPSA) is 58.6 Å². The summed E-state index contributed by atoms with van der Waals surface area (Å²) < 4.78 is 5.16. The van der Waals surface area contributed by atoms with Gasteiger partial charge >= 0.3 is 0 Å². The minimum atomic E-state index is -0.216. The maximum Gasteiger partial charge on any atom is 0.240 e. The van der Waals surface area contributed by atoms with Crippen LogP contribution in [-0.2, 0) is 16.1 Å². The summed E-state index contributed by atoms with van der Waals surface area (Å²) in [5.74, 6) is 0.221. The van der Waals surface area contributed by atoms with Gasteiger partial charge in [-0.3, -0.25) is 9.59 Å². The average Bonchev–Trinajstić information content (AvgIpc) is 2.58. The van der Waals surface area contributed by atoms with Crippen molar-refractivity contribution in [2.75, 3.05) is 18.6 Å². The molecule has 0 aliphatic heterocycles. The summed E-state index contributed by atoms with van der Waals surface area (Å²) in [6.45, 7) is 1.84. The van der Waals surface area contributed by atoms with Crippen molar-refractivity contribution < 1.29 is 14.3 Å². The summed E-state index contributed by atoms with van der Waals surface area (Å²) in [5.41, 5.74) is 1.64. The molecule has 0 heterocycles. The van der Waals surface area contributed by atoms with Crippen LogP contribution in [0, 0.1) is 0 Å². The normalized spacial score (nSPS) is 10.0. The Morgan fingerprint density at radius 3 is 2.48 bits per heavy atom. The number of carbonyl (C=O) groups is 2. The zero-order valence-corrected chi connectivity index (χ0v) is 13.3. The maximum absolute atomic E-state index is 12.1. The first kappa shape index (κ1) is 16.5. The number of methoxy groups -OCH3 is 1. The lowest BCUT2D eigenvalue weighted by Crippen LogP contribution is -2.39. The fourth-order valence-electron chi connectivity index (χ4n) is 2.16. The van der Waals surface area contributed by atoms with Crippen molar-refractivity contribution in [3.05, 3.63) is 60.2 Å². The molecule has 2 aromatic carbocycles. The van der Waals surface area contributed by atoms with E-state index >= 15 is 0 Å². The van der Waals surface area contributed by atoms with E-state index in [-0.39, 0.29) is 18.4 Å². The second-order valence-electron chi connectivity index (χ2n) is 5.07. The van der Waals surface area contributed by atoms with E-state index in [4.69, 9.17) is 4.74 Å².